The summed E-state index contributed by atoms with van der Waals surface area (Å²) in [5, 5.41) is 0. The number of benzene rings is 1. The highest BCUT2D eigenvalue weighted by Crippen LogP contribution is 2.36. The van der Waals surface area contributed by atoms with Crippen molar-refractivity contribution in [1.29, 1.82) is 0 Å². The molecule has 1 aromatic heterocycles. The van der Waals surface area contributed by atoms with Crippen LogP contribution in [-0.4, -0.2) is 23.8 Å². The third kappa shape index (κ3) is 2.10. The molecule has 0 fully saturated rings. The monoisotopic (exact) mass is 310 g/mol. The van der Waals surface area contributed by atoms with Gasteiger partial charge >= 0.3 is 0 Å². The Morgan fingerprint density at radius 1 is 1.22 bits per heavy atom. The lowest BCUT2D eigenvalue weighted by molar-refractivity contribution is 0.395. The fourth-order valence-corrected chi connectivity index (χ4v) is 2.31. The van der Waals surface area contributed by atoms with Crippen LogP contribution in [0.1, 0.15) is 5.82 Å². The van der Waals surface area contributed by atoms with E-state index in [0.29, 0.717) is 0 Å². The van der Waals surface area contributed by atoms with Crippen LogP contribution in [0.25, 0.3) is 11.3 Å². The predicted molar refractivity (Wildman–Crippen MR) is 74.2 cm³/mol. The lowest BCUT2D eigenvalue weighted by Crippen LogP contribution is -1.92. The topological polar surface area (TPSA) is 36.3 Å². The molecule has 2 aromatic rings. The first kappa shape index (κ1) is 13.0. The van der Waals surface area contributed by atoms with E-state index in [1.165, 1.54) is 0 Å². The lowest BCUT2D eigenvalue weighted by atomic mass is 10.1. The number of aryl methyl sites for hydroxylation is 1. The van der Waals surface area contributed by atoms with Gasteiger partial charge in [0.2, 0.25) is 0 Å². The van der Waals surface area contributed by atoms with E-state index in [1.54, 1.807) is 14.2 Å². The van der Waals surface area contributed by atoms with E-state index in [2.05, 4.69) is 20.9 Å². The van der Waals surface area contributed by atoms with Crippen LogP contribution in [0.5, 0.6) is 11.5 Å². The number of nitrogens with zero attached hydrogens (tertiary/aromatic N) is 2. The molecule has 18 heavy (non-hydrogen) atoms. The van der Waals surface area contributed by atoms with E-state index in [-0.39, 0.29) is 0 Å². The zero-order valence-electron chi connectivity index (χ0n) is 10.8. The van der Waals surface area contributed by atoms with Crippen molar-refractivity contribution >= 4 is 15.9 Å². The molecule has 4 nitrogen and oxygen atoms in total. The molecule has 96 valence electrons. The Morgan fingerprint density at radius 3 is 2.44 bits per heavy atom. The smallest absolute Gasteiger partial charge is 0.132 e. The third-order valence-electron chi connectivity index (χ3n) is 2.91. The van der Waals surface area contributed by atoms with E-state index in [9.17, 15) is 0 Å². The maximum Gasteiger partial charge on any atom is 0.132 e. The highest BCUT2D eigenvalue weighted by Gasteiger charge is 2.16. The molecular weight excluding hydrogens is 296 g/mol. The van der Waals surface area contributed by atoms with E-state index in [1.807, 2.05) is 36.7 Å². The van der Waals surface area contributed by atoms with E-state index < -0.39 is 0 Å². The number of halogens is 1. The van der Waals surface area contributed by atoms with Gasteiger partial charge in [-0.3, -0.25) is 0 Å². The lowest BCUT2D eigenvalue weighted by Gasteiger charge is -2.09. The van der Waals surface area contributed by atoms with Crippen molar-refractivity contribution in [1.82, 2.24) is 9.55 Å². The van der Waals surface area contributed by atoms with Gasteiger partial charge in [0, 0.05) is 18.7 Å². The minimum Gasteiger partial charge on any atom is -0.497 e. The van der Waals surface area contributed by atoms with Crippen molar-refractivity contribution in [3.63, 3.8) is 0 Å². The van der Waals surface area contributed by atoms with Gasteiger partial charge in [-0.05, 0) is 35.0 Å². The second kappa shape index (κ2) is 5.02. The molecule has 0 saturated carbocycles. The Morgan fingerprint density at radius 2 is 1.94 bits per heavy atom. The third-order valence-corrected chi connectivity index (χ3v) is 3.82. The number of methoxy groups -OCH3 is 2. The molecule has 0 aliphatic rings. The molecule has 0 aliphatic carbocycles. The minimum atomic E-state index is 0.744. The summed E-state index contributed by atoms with van der Waals surface area (Å²) in [5.74, 6) is 2.45. The van der Waals surface area contributed by atoms with E-state index >= 15 is 0 Å². The number of hydrogen-bond donors (Lipinski definition) is 0. The van der Waals surface area contributed by atoms with Gasteiger partial charge < -0.3 is 14.0 Å². The first-order valence-corrected chi connectivity index (χ1v) is 6.29. The van der Waals surface area contributed by atoms with Gasteiger partial charge in [0.1, 0.15) is 27.6 Å². The summed E-state index contributed by atoms with van der Waals surface area (Å²) in [6, 6.07) is 5.70. The Labute approximate surface area is 115 Å². The molecule has 0 atom stereocenters. The van der Waals surface area contributed by atoms with Crippen LogP contribution in [0, 0.1) is 6.92 Å². The van der Waals surface area contributed by atoms with Gasteiger partial charge in [-0.1, -0.05) is 0 Å². The average Bonchev–Trinajstić information content (AvgIpc) is 2.65. The zero-order chi connectivity index (χ0) is 13.3. The Balaban J connectivity index is 2.59. The minimum absolute atomic E-state index is 0.744. The van der Waals surface area contributed by atoms with Crippen molar-refractivity contribution in [2.75, 3.05) is 14.2 Å². The Bertz CT molecular complexity index is 579. The summed E-state index contributed by atoms with van der Waals surface area (Å²) in [6.45, 7) is 1.96. The quantitative estimate of drug-likeness (QED) is 0.873. The number of hydrogen-bond acceptors (Lipinski definition) is 3. The zero-order valence-corrected chi connectivity index (χ0v) is 12.4. The summed E-state index contributed by atoms with van der Waals surface area (Å²) in [5.41, 5.74) is 1.81. The van der Waals surface area contributed by atoms with Crippen LogP contribution in [-0.2, 0) is 7.05 Å². The predicted octanol–water partition coefficient (Wildman–Crippen LogP) is 3.18. The van der Waals surface area contributed by atoms with Crippen molar-refractivity contribution in [3.05, 3.63) is 28.6 Å². The molecule has 2 rings (SSSR count). The molecule has 0 bridgehead atoms. The van der Waals surface area contributed by atoms with E-state index in [0.717, 1.165) is 33.2 Å². The first-order chi connectivity index (χ1) is 8.58. The van der Waals surface area contributed by atoms with Crippen molar-refractivity contribution in [2.45, 2.75) is 6.92 Å². The fourth-order valence-electron chi connectivity index (χ4n) is 1.75. The van der Waals surface area contributed by atoms with Crippen LogP contribution >= 0.6 is 15.9 Å². The normalized spacial score (nSPS) is 10.5. The summed E-state index contributed by atoms with van der Waals surface area (Å²) in [7, 11) is 5.24. The van der Waals surface area contributed by atoms with Crippen molar-refractivity contribution < 1.29 is 9.47 Å². The summed E-state index contributed by atoms with van der Waals surface area (Å²) >= 11 is 3.55. The molecule has 0 saturated heterocycles. The van der Waals surface area contributed by atoms with Gasteiger partial charge in [0.25, 0.3) is 0 Å². The SMILES string of the molecule is COc1ccc(-c2nc(C)n(C)c2Br)c(OC)c1. The molecular formula is C13H15BrN2O2. The summed E-state index contributed by atoms with van der Waals surface area (Å²) < 4.78 is 13.5. The molecule has 0 radical (unpaired) electrons. The van der Waals surface area contributed by atoms with Crippen molar-refractivity contribution in [2.24, 2.45) is 7.05 Å². The van der Waals surface area contributed by atoms with Gasteiger partial charge in [-0.2, -0.15) is 0 Å². The molecule has 0 spiro atoms. The van der Waals surface area contributed by atoms with Crippen LogP contribution in [0.2, 0.25) is 0 Å². The number of imidazole rings is 1. The highest BCUT2D eigenvalue weighted by atomic mass is 79.9. The fraction of sp³-hybridized carbons (Fsp3) is 0.308. The standard InChI is InChI=1S/C13H15BrN2O2/c1-8-15-12(13(14)16(8)2)10-6-5-9(17-3)7-11(10)18-4/h5-7H,1-4H3. The Kier molecular flexibility index (Phi) is 3.61. The average molecular weight is 311 g/mol. The molecule has 0 aliphatic heterocycles. The molecule has 0 N–H and O–H groups in total. The Hall–Kier alpha value is -1.49. The highest BCUT2D eigenvalue weighted by molar-refractivity contribution is 9.10. The maximum atomic E-state index is 5.40. The number of aromatic nitrogens is 2. The van der Waals surface area contributed by atoms with Crippen LogP contribution < -0.4 is 9.47 Å². The molecule has 5 heteroatoms. The van der Waals surface area contributed by atoms with Gasteiger partial charge in [-0.15, -0.1) is 0 Å². The maximum absolute atomic E-state index is 5.40. The summed E-state index contributed by atoms with van der Waals surface area (Å²) in [4.78, 5) is 4.54. The van der Waals surface area contributed by atoms with Crippen LogP contribution in [0.3, 0.4) is 0 Å². The number of ether oxygens (including phenoxy) is 2. The first-order valence-electron chi connectivity index (χ1n) is 5.49. The molecule has 0 unspecified atom stereocenters. The van der Waals surface area contributed by atoms with Crippen LogP contribution in [0.15, 0.2) is 22.8 Å². The van der Waals surface area contributed by atoms with Gasteiger partial charge in [0.15, 0.2) is 0 Å². The van der Waals surface area contributed by atoms with Crippen LogP contribution in [0.4, 0.5) is 0 Å². The summed E-state index contributed by atoms with van der Waals surface area (Å²) in [6.07, 6.45) is 0. The second-order valence-corrected chi connectivity index (χ2v) is 4.67. The largest absolute Gasteiger partial charge is 0.497 e. The van der Waals surface area contributed by atoms with Gasteiger partial charge in [-0.25, -0.2) is 4.98 Å². The molecule has 1 aromatic carbocycles. The second-order valence-electron chi connectivity index (χ2n) is 3.92. The van der Waals surface area contributed by atoms with Crippen molar-refractivity contribution in [3.8, 4) is 22.8 Å². The van der Waals surface area contributed by atoms with E-state index in [4.69, 9.17) is 9.47 Å². The van der Waals surface area contributed by atoms with Gasteiger partial charge in [0.05, 0.1) is 14.2 Å². The number of rotatable bonds is 3. The molecule has 1 heterocycles. The molecule has 0 amide bonds.